The SMILES string of the molecule is COC1(OC2CCC3C4CCC5CC6SC6CC5(C)C4CCC23C)CCCC1. The summed E-state index contributed by atoms with van der Waals surface area (Å²) in [4.78, 5) is 0. The van der Waals surface area contributed by atoms with Gasteiger partial charge in [-0.2, -0.15) is 11.8 Å². The number of methoxy groups -OCH3 is 1. The van der Waals surface area contributed by atoms with Gasteiger partial charge in [0, 0.05) is 30.5 Å². The van der Waals surface area contributed by atoms with Gasteiger partial charge >= 0.3 is 0 Å². The first-order valence-electron chi connectivity index (χ1n) is 12.4. The molecule has 5 aliphatic carbocycles. The van der Waals surface area contributed by atoms with Crippen LogP contribution >= 0.6 is 11.8 Å². The van der Waals surface area contributed by atoms with Gasteiger partial charge in [0.15, 0.2) is 5.79 Å². The first-order valence-corrected chi connectivity index (χ1v) is 13.3. The van der Waals surface area contributed by atoms with Crippen LogP contribution in [0, 0.1) is 34.5 Å². The van der Waals surface area contributed by atoms with E-state index in [4.69, 9.17) is 9.47 Å². The van der Waals surface area contributed by atoms with E-state index in [9.17, 15) is 0 Å². The van der Waals surface area contributed by atoms with Gasteiger partial charge in [0.05, 0.1) is 6.10 Å². The third-order valence-corrected chi connectivity index (χ3v) is 12.3. The summed E-state index contributed by atoms with van der Waals surface area (Å²) in [6, 6.07) is 0. The van der Waals surface area contributed by atoms with Gasteiger partial charge in [-0.1, -0.05) is 13.8 Å². The second-order valence-electron chi connectivity index (χ2n) is 11.9. The fraction of sp³-hybridized carbons (Fsp3) is 1.00. The maximum Gasteiger partial charge on any atom is 0.168 e. The smallest absolute Gasteiger partial charge is 0.168 e. The van der Waals surface area contributed by atoms with Gasteiger partial charge in [-0.3, -0.25) is 0 Å². The second-order valence-corrected chi connectivity index (χ2v) is 13.3. The molecule has 0 amide bonds. The summed E-state index contributed by atoms with van der Waals surface area (Å²) in [5, 5.41) is 2.07. The Morgan fingerprint density at radius 3 is 2.39 bits per heavy atom. The summed E-state index contributed by atoms with van der Waals surface area (Å²) >= 11 is 2.31. The lowest BCUT2D eigenvalue weighted by atomic mass is 9.45. The number of hydrogen-bond acceptors (Lipinski definition) is 3. The van der Waals surface area contributed by atoms with Crippen LogP contribution in [0.4, 0.5) is 0 Å². The molecule has 2 nitrogen and oxygen atoms in total. The van der Waals surface area contributed by atoms with Crippen molar-refractivity contribution in [1.29, 1.82) is 0 Å². The molecule has 1 saturated heterocycles. The summed E-state index contributed by atoms with van der Waals surface area (Å²) in [5.41, 5.74) is 1.04. The molecule has 9 atom stereocenters. The van der Waals surface area contributed by atoms with Crippen LogP contribution in [-0.4, -0.2) is 29.5 Å². The first kappa shape index (κ1) is 19.0. The topological polar surface area (TPSA) is 18.5 Å². The Morgan fingerprint density at radius 1 is 0.821 bits per heavy atom. The van der Waals surface area contributed by atoms with Crippen molar-refractivity contribution in [3.05, 3.63) is 0 Å². The molecule has 28 heavy (non-hydrogen) atoms. The zero-order chi connectivity index (χ0) is 19.1. The molecule has 158 valence electrons. The van der Waals surface area contributed by atoms with Crippen LogP contribution in [0.25, 0.3) is 0 Å². The number of hydrogen-bond donors (Lipinski definition) is 0. The average Bonchev–Trinajstić information content (AvgIpc) is 3.11. The van der Waals surface area contributed by atoms with Crippen LogP contribution in [0.3, 0.4) is 0 Å². The maximum atomic E-state index is 6.89. The third kappa shape index (κ3) is 2.60. The summed E-state index contributed by atoms with van der Waals surface area (Å²) in [5.74, 6) is 3.63. The molecular weight excluding hydrogens is 364 g/mol. The lowest BCUT2D eigenvalue weighted by Crippen LogP contribution is -2.55. The van der Waals surface area contributed by atoms with Gasteiger partial charge in [-0.15, -0.1) is 0 Å². The summed E-state index contributed by atoms with van der Waals surface area (Å²) in [7, 11) is 1.88. The molecule has 1 heterocycles. The lowest BCUT2D eigenvalue weighted by Gasteiger charge is -2.60. The highest BCUT2D eigenvalue weighted by Gasteiger charge is 2.64. The van der Waals surface area contributed by atoms with Gasteiger partial charge in [0.2, 0.25) is 0 Å². The van der Waals surface area contributed by atoms with Gasteiger partial charge < -0.3 is 9.47 Å². The zero-order valence-electron chi connectivity index (χ0n) is 18.3. The predicted octanol–water partition coefficient (Wildman–Crippen LogP) is 6.42. The van der Waals surface area contributed by atoms with Crippen molar-refractivity contribution in [3.8, 4) is 0 Å². The molecule has 9 unspecified atom stereocenters. The summed E-state index contributed by atoms with van der Waals surface area (Å²) in [6.07, 6.45) is 16.8. The monoisotopic (exact) mass is 404 g/mol. The number of ether oxygens (including phenoxy) is 2. The molecule has 5 saturated carbocycles. The van der Waals surface area contributed by atoms with E-state index in [2.05, 4.69) is 25.6 Å². The van der Waals surface area contributed by atoms with Crippen molar-refractivity contribution in [3.63, 3.8) is 0 Å². The van der Waals surface area contributed by atoms with Crippen molar-refractivity contribution < 1.29 is 9.47 Å². The average molecular weight is 405 g/mol. The van der Waals surface area contributed by atoms with Gasteiger partial charge in [-0.05, 0) is 98.7 Å². The standard InChI is InChI=1S/C25H40O2S/c1-23-13-10-19-17(7-6-16-14-20-21(28-20)15-24(16,19)2)18(23)8-9-22(23)27-25(26-3)11-4-5-12-25/h16-22H,4-15H2,1-3H3. The zero-order valence-corrected chi connectivity index (χ0v) is 19.1. The van der Waals surface area contributed by atoms with E-state index in [1.165, 1.54) is 57.8 Å². The highest BCUT2D eigenvalue weighted by atomic mass is 32.2. The fourth-order valence-electron chi connectivity index (χ4n) is 9.21. The largest absolute Gasteiger partial charge is 0.353 e. The van der Waals surface area contributed by atoms with E-state index in [1.54, 1.807) is 6.42 Å². The quantitative estimate of drug-likeness (QED) is 0.399. The van der Waals surface area contributed by atoms with Crippen LogP contribution in [0.15, 0.2) is 0 Å². The van der Waals surface area contributed by atoms with Crippen molar-refractivity contribution in [2.24, 2.45) is 34.5 Å². The maximum absolute atomic E-state index is 6.89. The van der Waals surface area contributed by atoms with E-state index in [1.807, 2.05) is 7.11 Å². The van der Waals surface area contributed by atoms with Crippen LogP contribution < -0.4 is 0 Å². The number of thioether (sulfide) groups is 1. The molecule has 6 fully saturated rings. The third-order valence-electron chi connectivity index (χ3n) is 10.9. The highest BCUT2D eigenvalue weighted by Crippen LogP contribution is 2.70. The Morgan fingerprint density at radius 2 is 1.61 bits per heavy atom. The molecule has 0 spiro atoms. The second kappa shape index (κ2) is 6.39. The predicted molar refractivity (Wildman–Crippen MR) is 115 cm³/mol. The first-order chi connectivity index (χ1) is 13.5. The minimum Gasteiger partial charge on any atom is -0.353 e. The Hall–Kier alpha value is 0.270. The van der Waals surface area contributed by atoms with E-state index >= 15 is 0 Å². The Kier molecular flexibility index (Phi) is 4.33. The van der Waals surface area contributed by atoms with E-state index in [0.29, 0.717) is 16.9 Å². The van der Waals surface area contributed by atoms with Crippen molar-refractivity contribution in [2.75, 3.05) is 7.11 Å². The molecular formula is C25H40O2S. The van der Waals surface area contributed by atoms with Crippen molar-refractivity contribution >= 4 is 11.8 Å². The summed E-state index contributed by atoms with van der Waals surface area (Å²) < 4.78 is 12.9. The number of rotatable bonds is 3. The molecule has 6 rings (SSSR count). The van der Waals surface area contributed by atoms with Gasteiger partial charge in [0.25, 0.3) is 0 Å². The molecule has 0 aromatic heterocycles. The van der Waals surface area contributed by atoms with Crippen molar-refractivity contribution in [2.45, 2.75) is 113 Å². The minimum atomic E-state index is -0.259. The van der Waals surface area contributed by atoms with Crippen LogP contribution in [0.2, 0.25) is 0 Å². The highest BCUT2D eigenvalue weighted by molar-refractivity contribution is 8.07. The Balaban J connectivity index is 1.23. The molecule has 0 bridgehead atoms. The molecule has 0 aromatic rings. The Labute approximate surface area is 176 Å². The number of fused-ring (bicyclic) bond motifs is 6. The lowest BCUT2D eigenvalue weighted by molar-refractivity contribution is -0.264. The van der Waals surface area contributed by atoms with E-state index < -0.39 is 0 Å². The van der Waals surface area contributed by atoms with Crippen LogP contribution in [-0.2, 0) is 9.47 Å². The Bertz CT molecular complexity index is 630. The summed E-state index contributed by atoms with van der Waals surface area (Å²) in [6.45, 7) is 5.32. The fourth-order valence-corrected chi connectivity index (χ4v) is 10.6. The normalized spacial score (nSPS) is 56.5. The van der Waals surface area contributed by atoms with Gasteiger partial charge in [0.1, 0.15) is 0 Å². The van der Waals surface area contributed by atoms with Gasteiger partial charge in [-0.25, -0.2) is 0 Å². The van der Waals surface area contributed by atoms with E-state index in [0.717, 1.165) is 47.0 Å². The molecule has 0 N–H and O–H groups in total. The minimum absolute atomic E-state index is 0.259. The molecule has 1 aliphatic heterocycles. The van der Waals surface area contributed by atoms with Crippen LogP contribution in [0.1, 0.15) is 90.9 Å². The molecule has 3 heteroatoms. The van der Waals surface area contributed by atoms with Crippen LogP contribution in [0.5, 0.6) is 0 Å². The molecule has 0 aromatic carbocycles. The van der Waals surface area contributed by atoms with E-state index in [-0.39, 0.29) is 5.79 Å². The molecule has 6 aliphatic rings. The van der Waals surface area contributed by atoms with Crippen molar-refractivity contribution in [1.82, 2.24) is 0 Å². The molecule has 0 radical (unpaired) electrons.